The van der Waals surface area contributed by atoms with Gasteiger partial charge in [-0.2, -0.15) is 0 Å². The van der Waals surface area contributed by atoms with Crippen molar-refractivity contribution in [3.8, 4) is 0 Å². The average molecular weight is 341 g/mol. The molecule has 4 heteroatoms. The summed E-state index contributed by atoms with van der Waals surface area (Å²) in [5, 5.41) is 12.8. The number of nitrogens with one attached hydrogen (secondary N) is 1. The molecule has 112 valence electrons. The van der Waals surface area contributed by atoms with Crippen LogP contribution in [0.4, 0.5) is 5.69 Å². The first-order chi connectivity index (χ1) is 9.63. The van der Waals surface area contributed by atoms with Crippen LogP contribution in [0.15, 0.2) is 35.3 Å². The van der Waals surface area contributed by atoms with Crippen molar-refractivity contribution in [1.82, 2.24) is 5.32 Å². The minimum atomic E-state index is 0.139. The molecule has 20 heavy (non-hydrogen) atoms. The van der Waals surface area contributed by atoms with Gasteiger partial charge in [-0.15, -0.1) is 6.58 Å². The van der Waals surface area contributed by atoms with Gasteiger partial charge in [-0.1, -0.05) is 28.9 Å². The van der Waals surface area contributed by atoms with Crippen LogP contribution in [-0.4, -0.2) is 31.3 Å². The number of aliphatic hydroxyl groups excluding tert-OH is 1. The van der Waals surface area contributed by atoms with Crippen LogP contribution >= 0.6 is 15.9 Å². The predicted molar refractivity (Wildman–Crippen MR) is 90.3 cm³/mol. The van der Waals surface area contributed by atoms with Crippen molar-refractivity contribution < 1.29 is 5.11 Å². The van der Waals surface area contributed by atoms with E-state index in [2.05, 4.69) is 58.7 Å². The van der Waals surface area contributed by atoms with Crippen LogP contribution in [-0.2, 0) is 0 Å². The summed E-state index contributed by atoms with van der Waals surface area (Å²) in [6.07, 6.45) is 2.98. The Bertz CT molecular complexity index is 423. The van der Waals surface area contributed by atoms with Crippen molar-refractivity contribution in [2.45, 2.75) is 26.3 Å². The first kappa shape index (κ1) is 17.2. The van der Waals surface area contributed by atoms with Crippen LogP contribution in [0.25, 0.3) is 0 Å². The van der Waals surface area contributed by atoms with E-state index in [4.69, 9.17) is 0 Å². The zero-order valence-corrected chi connectivity index (χ0v) is 14.0. The lowest BCUT2D eigenvalue weighted by Gasteiger charge is -2.28. The first-order valence-electron chi connectivity index (χ1n) is 7.13. The molecule has 1 aromatic rings. The molecule has 1 atom stereocenters. The monoisotopic (exact) mass is 340 g/mol. The Morgan fingerprint density at radius 2 is 2.25 bits per heavy atom. The highest BCUT2D eigenvalue weighted by molar-refractivity contribution is 9.10. The molecule has 3 nitrogen and oxygen atoms in total. The van der Waals surface area contributed by atoms with E-state index in [1.54, 1.807) is 0 Å². The minimum Gasteiger partial charge on any atom is -0.395 e. The van der Waals surface area contributed by atoms with Crippen LogP contribution in [0, 0.1) is 0 Å². The second-order valence-corrected chi connectivity index (χ2v) is 5.75. The zero-order chi connectivity index (χ0) is 15.0. The Kier molecular flexibility index (Phi) is 7.88. The van der Waals surface area contributed by atoms with Crippen molar-refractivity contribution in [3.05, 3.63) is 40.9 Å². The molecule has 0 bridgehead atoms. The fraction of sp³-hybridized carbons (Fsp3) is 0.500. The summed E-state index contributed by atoms with van der Waals surface area (Å²) in [5.74, 6) is 0. The minimum absolute atomic E-state index is 0.139. The van der Waals surface area contributed by atoms with Gasteiger partial charge in [0.2, 0.25) is 0 Å². The van der Waals surface area contributed by atoms with E-state index in [1.165, 1.54) is 5.56 Å². The Labute approximate surface area is 130 Å². The topological polar surface area (TPSA) is 35.5 Å². The highest BCUT2D eigenvalue weighted by atomic mass is 79.9. The average Bonchev–Trinajstić information content (AvgIpc) is 2.44. The number of anilines is 1. The van der Waals surface area contributed by atoms with Gasteiger partial charge >= 0.3 is 0 Å². The largest absolute Gasteiger partial charge is 0.395 e. The highest BCUT2D eigenvalue weighted by Crippen LogP contribution is 2.29. The van der Waals surface area contributed by atoms with E-state index in [0.717, 1.165) is 29.7 Å². The van der Waals surface area contributed by atoms with Crippen molar-refractivity contribution in [1.29, 1.82) is 0 Å². The lowest BCUT2D eigenvalue weighted by Crippen LogP contribution is -2.29. The molecule has 0 spiro atoms. The van der Waals surface area contributed by atoms with Gasteiger partial charge in [0.25, 0.3) is 0 Å². The third-order valence-electron chi connectivity index (χ3n) is 3.22. The quantitative estimate of drug-likeness (QED) is 0.675. The molecule has 0 aliphatic carbocycles. The van der Waals surface area contributed by atoms with Gasteiger partial charge in [0.15, 0.2) is 0 Å². The predicted octanol–water partition coefficient (Wildman–Crippen LogP) is 3.49. The number of benzene rings is 1. The van der Waals surface area contributed by atoms with Gasteiger partial charge in [0.1, 0.15) is 0 Å². The lowest BCUT2D eigenvalue weighted by atomic mass is 10.0. The second kappa shape index (κ2) is 9.16. The van der Waals surface area contributed by atoms with E-state index < -0.39 is 0 Å². The summed E-state index contributed by atoms with van der Waals surface area (Å²) in [5.41, 5.74) is 2.39. The van der Waals surface area contributed by atoms with Crippen molar-refractivity contribution >= 4 is 21.6 Å². The molecule has 0 radical (unpaired) electrons. The van der Waals surface area contributed by atoms with Gasteiger partial charge in [0, 0.05) is 29.3 Å². The molecular weight excluding hydrogens is 316 g/mol. The van der Waals surface area contributed by atoms with Crippen molar-refractivity contribution in [3.63, 3.8) is 0 Å². The van der Waals surface area contributed by atoms with Gasteiger partial charge in [0.05, 0.1) is 6.61 Å². The van der Waals surface area contributed by atoms with Crippen molar-refractivity contribution in [2.24, 2.45) is 0 Å². The van der Waals surface area contributed by atoms with Gasteiger partial charge < -0.3 is 15.3 Å². The molecular formula is C16H25BrN2O. The molecule has 1 rings (SSSR count). The molecule has 0 aromatic heterocycles. The molecule has 0 fully saturated rings. The highest BCUT2D eigenvalue weighted by Gasteiger charge is 2.15. The SMILES string of the molecule is C=CCN(CCO)c1ccc(Br)cc1C(C)NCCC. The first-order valence-corrected chi connectivity index (χ1v) is 7.92. The molecule has 0 saturated heterocycles. The third kappa shape index (κ3) is 4.93. The number of rotatable bonds is 9. The van der Waals surface area contributed by atoms with Crippen LogP contribution < -0.4 is 10.2 Å². The maximum absolute atomic E-state index is 9.25. The molecule has 2 N–H and O–H groups in total. The summed E-state index contributed by atoms with van der Waals surface area (Å²) in [6.45, 7) is 10.6. The number of aliphatic hydroxyl groups is 1. The maximum Gasteiger partial charge on any atom is 0.0606 e. The summed E-state index contributed by atoms with van der Waals surface area (Å²) in [4.78, 5) is 2.15. The normalized spacial score (nSPS) is 12.2. The fourth-order valence-corrected chi connectivity index (χ4v) is 2.60. The molecule has 1 unspecified atom stereocenters. The Balaban J connectivity index is 3.06. The smallest absolute Gasteiger partial charge is 0.0606 e. The van der Waals surface area contributed by atoms with Crippen LogP contribution in [0.5, 0.6) is 0 Å². The number of nitrogens with zero attached hydrogens (tertiary/aromatic N) is 1. The molecule has 0 aliphatic heterocycles. The summed E-state index contributed by atoms with van der Waals surface area (Å²) in [7, 11) is 0. The van der Waals surface area contributed by atoms with E-state index in [0.29, 0.717) is 6.54 Å². The van der Waals surface area contributed by atoms with E-state index >= 15 is 0 Å². The second-order valence-electron chi connectivity index (χ2n) is 4.84. The van der Waals surface area contributed by atoms with Gasteiger partial charge in [-0.3, -0.25) is 0 Å². The summed E-state index contributed by atoms with van der Waals surface area (Å²) in [6, 6.07) is 6.56. The lowest BCUT2D eigenvalue weighted by molar-refractivity contribution is 0.303. The molecule has 0 amide bonds. The molecule has 1 aromatic carbocycles. The Hall–Kier alpha value is -0.840. The van der Waals surface area contributed by atoms with E-state index in [9.17, 15) is 5.11 Å². The summed E-state index contributed by atoms with van der Waals surface area (Å²) >= 11 is 3.54. The fourth-order valence-electron chi connectivity index (χ4n) is 2.22. The Morgan fingerprint density at radius 1 is 1.50 bits per heavy atom. The third-order valence-corrected chi connectivity index (χ3v) is 3.71. The van der Waals surface area contributed by atoms with Crippen LogP contribution in [0.2, 0.25) is 0 Å². The molecule has 0 aliphatic rings. The van der Waals surface area contributed by atoms with Crippen LogP contribution in [0.3, 0.4) is 0 Å². The Morgan fingerprint density at radius 3 is 2.85 bits per heavy atom. The molecule has 0 heterocycles. The number of hydrogen-bond donors (Lipinski definition) is 2. The standard InChI is InChI=1S/C16H25BrN2O/c1-4-8-18-13(3)15-12-14(17)6-7-16(15)19(9-5-2)10-11-20/h5-7,12-13,18,20H,2,4,8-11H2,1,3H3. The van der Waals surface area contributed by atoms with Crippen molar-refractivity contribution in [2.75, 3.05) is 31.1 Å². The van der Waals surface area contributed by atoms with Gasteiger partial charge in [-0.05, 0) is 43.7 Å². The molecule has 0 saturated carbocycles. The summed E-state index contributed by atoms with van der Waals surface area (Å²) < 4.78 is 1.07. The number of hydrogen-bond acceptors (Lipinski definition) is 3. The van der Waals surface area contributed by atoms with Crippen LogP contribution in [0.1, 0.15) is 31.9 Å². The maximum atomic E-state index is 9.25. The van der Waals surface area contributed by atoms with E-state index in [1.807, 2.05) is 12.1 Å². The zero-order valence-electron chi connectivity index (χ0n) is 12.4. The number of halogens is 1. The van der Waals surface area contributed by atoms with E-state index in [-0.39, 0.29) is 12.6 Å². The van der Waals surface area contributed by atoms with Gasteiger partial charge in [-0.25, -0.2) is 0 Å².